The maximum absolute atomic E-state index is 3.70. The number of para-hydroxylation sites is 1. The number of nitrogens with one attached hydrogen (secondary N) is 1. The maximum Gasteiger partial charge on any atom is 0.0414 e. The van der Waals surface area contributed by atoms with Crippen LogP contribution in [0.25, 0.3) is 0 Å². The summed E-state index contributed by atoms with van der Waals surface area (Å²) >= 11 is 0. The van der Waals surface area contributed by atoms with E-state index in [1.54, 1.807) is 0 Å². The first kappa shape index (κ1) is 15.4. The predicted molar refractivity (Wildman–Crippen MR) is 88.4 cm³/mol. The maximum atomic E-state index is 3.70. The molecule has 1 N–H and O–H groups in total. The largest absolute Gasteiger partial charge is 0.371 e. The van der Waals surface area contributed by atoms with Crippen LogP contribution in [0.4, 0.5) is 5.69 Å². The fraction of sp³-hybridized carbons (Fsp3) is 0.667. The van der Waals surface area contributed by atoms with E-state index in [1.807, 2.05) is 0 Å². The van der Waals surface area contributed by atoms with Crippen molar-refractivity contribution in [1.82, 2.24) is 5.32 Å². The Morgan fingerprint density at radius 2 is 1.90 bits per heavy atom. The van der Waals surface area contributed by atoms with E-state index in [9.17, 15) is 0 Å². The molecule has 1 atom stereocenters. The van der Waals surface area contributed by atoms with Crippen molar-refractivity contribution in [2.24, 2.45) is 5.92 Å². The van der Waals surface area contributed by atoms with E-state index in [-0.39, 0.29) is 0 Å². The molecular formula is C18H30N2. The molecule has 20 heavy (non-hydrogen) atoms. The van der Waals surface area contributed by atoms with Gasteiger partial charge in [-0.05, 0) is 49.8 Å². The lowest BCUT2D eigenvalue weighted by molar-refractivity contribution is 0.435. The first-order valence-corrected chi connectivity index (χ1v) is 8.33. The molecule has 1 heterocycles. The predicted octanol–water partition coefficient (Wildman–Crippen LogP) is 4.37. The third-order valence-corrected chi connectivity index (χ3v) is 4.49. The molecule has 1 aliphatic heterocycles. The first-order valence-electron chi connectivity index (χ1n) is 8.33. The molecule has 2 nitrogen and oxygen atoms in total. The van der Waals surface area contributed by atoms with Crippen LogP contribution in [0.3, 0.4) is 0 Å². The quantitative estimate of drug-likeness (QED) is 0.828. The van der Waals surface area contributed by atoms with Crippen LogP contribution < -0.4 is 10.2 Å². The Hall–Kier alpha value is -1.02. The third kappa shape index (κ3) is 3.76. The summed E-state index contributed by atoms with van der Waals surface area (Å²) in [6, 6.07) is 9.47. The Labute approximate surface area is 124 Å². The van der Waals surface area contributed by atoms with Crippen LogP contribution in [-0.2, 0) is 0 Å². The van der Waals surface area contributed by atoms with E-state index >= 15 is 0 Å². The summed E-state index contributed by atoms with van der Waals surface area (Å²) in [4.78, 5) is 2.59. The smallest absolute Gasteiger partial charge is 0.0414 e. The van der Waals surface area contributed by atoms with Crippen LogP contribution in [0.2, 0.25) is 0 Å². The van der Waals surface area contributed by atoms with Gasteiger partial charge in [0.1, 0.15) is 0 Å². The topological polar surface area (TPSA) is 15.3 Å². The van der Waals surface area contributed by atoms with Gasteiger partial charge in [0.25, 0.3) is 0 Å². The van der Waals surface area contributed by atoms with Gasteiger partial charge in [-0.2, -0.15) is 0 Å². The van der Waals surface area contributed by atoms with Crippen LogP contribution >= 0.6 is 0 Å². The fourth-order valence-corrected chi connectivity index (χ4v) is 3.11. The lowest BCUT2D eigenvalue weighted by Gasteiger charge is -2.35. The molecule has 112 valence electrons. The summed E-state index contributed by atoms with van der Waals surface area (Å²) < 4.78 is 0. The minimum absolute atomic E-state index is 0.491. The van der Waals surface area contributed by atoms with Crippen molar-refractivity contribution < 1.29 is 0 Å². The average molecular weight is 274 g/mol. The standard InChI is InChI=1S/C18H30N2/c1-4-12-19-17(5-2)16-8-6-7-9-18(16)20-13-10-15(3)11-14-20/h6-9,15,17,19H,4-5,10-14H2,1-3H3. The number of piperidine rings is 1. The van der Waals surface area contributed by atoms with Crippen molar-refractivity contribution in [3.05, 3.63) is 29.8 Å². The van der Waals surface area contributed by atoms with Gasteiger partial charge in [0.15, 0.2) is 0 Å². The van der Waals surface area contributed by atoms with E-state index in [2.05, 4.69) is 55.3 Å². The molecule has 2 heteroatoms. The molecule has 1 unspecified atom stereocenters. The van der Waals surface area contributed by atoms with Crippen molar-refractivity contribution in [3.8, 4) is 0 Å². The summed E-state index contributed by atoms with van der Waals surface area (Å²) in [6.45, 7) is 10.4. The molecule has 2 rings (SSSR count). The number of nitrogens with zero attached hydrogens (tertiary/aromatic N) is 1. The van der Waals surface area contributed by atoms with Crippen LogP contribution in [0, 0.1) is 5.92 Å². The highest BCUT2D eigenvalue weighted by atomic mass is 15.1. The van der Waals surface area contributed by atoms with E-state index in [1.165, 1.54) is 43.6 Å². The summed E-state index contributed by atoms with van der Waals surface area (Å²) in [7, 11) is 0. The highest BCUT2D eigenvalue weighted by Gasteiger charge is 2.20. The van der Waals surface area contributed by atoms with Gasteiger partial charge in [0, 0.05) is 24.8 Å². The van der Waals surface area contributed by atoms with Crippen molar-refractivity contribution >= 4 is 5.69 Å². The van der Waals surface area contributed by atoms with Crippen molar-refractivity contribution in [3.63, 3.8) is 0 Å². The third-order valence-electron chi connectivity index (χ3n) is 4.49. The van der Waals surface area contributed by atoms with Gasteiger partial charge in [-0.3, -0.25) is 0 Å². The Morgan fingerprint density at radius 3 is 2.55 bits per heavy atom. The molecular weight excluding hydrogens is 244 g/mol. The number of benzene rings is 1. The summed E-state index contributed by atoms with van der Waals surface area (Å²) in [5, 5.41) is 3.70. The second-order valence-corrected chi connectivity index (χ2v) is 6.14. The monoisotopic (exact) mass is 274 g/mol. The number of anilines is 1. The minimum Gasteiger partial charge on any atom is -0.371 e. The summed E-state index contributed by atoms with van der Waals surface area (Å²) in [5.41, 5.74) is 2.94. The number of hydrogen-bond donors (Lipinski definition) is 1. The SMILES string of the molecule is CCCNC(CC)c1ccccc1N1CCC(C)CC1. The molecule has 1 aliphatic rings. The lowest BCUT2D eigenvalue weighted by atomic mass is 9.96. The molecule has 0 radical (unpaired) electrons. The van der Waals surface area contributed by atoms with Crippen LogP contribution in [-0.4, -0.2) is 19.6 Å². The molecule has 0 aliphatic carbocycles. The molecule has 0 amide bonds. The van der Waals surface area contributed by atoms with Gasteiger partial charge in [0.2, 0.25) is 0 Å². The van der Waals surface area contributed by atoms with E-state index in [0.29, 0.717) is 6.04 Å². The number of hydrogen-bond acceptors (Lipinski definition) is 2. The van der Waals surface area contributed by atoms with Gasteiger partial charge in [-0.25, -0.2) is 0 Å². The van der Waals surface area contributed by atoms with Crippen molar-refractivity contribution in [1.29, 1.82) is 0 Å². The Morgan fingerprint density at radius 1 is 1.20 bits per heavy atom. The Kier molecular flexibility index (Phi) is 5.90. The molecule has 1 aromatic rings. The normalized spacial score (nSPS) is 18.2. The van der Waals surface area contributed by atoms with Crippen LogP contribution in [0.5, 0.6) is 0 Å². The van der Waals surface area contributed by atoms with Crippen LogP contribution in [0.15, 0.2) is 24.3 Å². The molecule has 0 bridgehead atoms. The van der Waals surface area contributed by atoms with Gasteiger partial charge in [0.05, 0.1) is 0 Å². The minimum atomic E-state index is 0.491. The Bertz CT molecular complexity index is 370. The molecule has 0 saturated carbocycles. The fourth-order valence-electron chi connectivity index (χ4n) is 3.11. The molecule has 0 aromatic heterocycles. The van der Waals surface area contributed by atoms with Crippen molar-refractivity contribution in [2.75, 3.05) is 24.5 Å². The van der Waals surface area contributed by atoms with E-state index in [0.717, 1.165) is 18.9 Å². The lowest BCUT2D eigenvalue weighted by Crippen LogP contribution is -2.34. The zero-order valence-corrected chi connectivity index (χ0v) is 13.4. The highest BCUT2D eigenvalue weighted by molar-refractivity contribution is 5.55. The van der Waals surface area contributed by atoms with Gasteiger partial charge in [-0.1, -0.05) is 39.0 Å². The Balaban J connectivity index is 2.16. The van der Waals surface area contributed by atoms with E-state index in [4.69, 9.17) is 0 Å². The highest BCUT2D eigenvalue weighted by Crippen LogP contribution is 2.31. The van der Waals surface area contributed by atoms with Gasteiger partial charge in [-0.15, -0.1) is 0 Å². The van der Waals surface area contributed by atoms with Gasteiger partial charge < -0.3 is 10.2 Å². The molecule has 1 aromatic carbocycles. The zero-order valence-electron chi connectivity index (χ0n) is 13.4. The second-order valence-electron chi connectivity index (χ2n) is 6.14. The van der Waals surface area contributed by atoms with Crippen molar-refractivity contribution in [2.45, 2.75) is 52.5 Å². The first-order chi connectivity index (χ1) is 9.76. The summed E-state index contributed by atoms with van der Waals surface area (Å²) in [5.74, 6) is 0.888. The number of rotatable bonds is 6. The van der Waals surface area contributed by atoms with Crippen LogP contribution in [0.1, 0.15) is 58.1 Å². The molecule has 0 spiro atoms. The zero-order chi connectivity index (χ0) is 14.4. The molecule has 1 saturated heterocycles. The van der Waals surface area contributed by atoms with E-state index < -0.39 is 0 Å². The molecule has 1 fully saturated rings. The van der Waals surface area contributed by atoms with Gasteiger partial charge >= 0.3 is 0 Å². The summed E-state index contributed by atoms with van der Waals surface area (Å²) in [6.07, 6.45) is 5.00. The average Bonchev–Trinajstić information content (AvgIpc) is 2.49. The second kappa shape index (κ2) is 7.68.